The number of H-pyrrole nitrogens is 1. The van der Waals surface area contributed by atoms with Crippen molar-refractivity contribution in [2.24, 2.45) is 0 Å². The summed E-state index contributed by atoms with van der Waals surface area (Å²) in [5.41, 5.74) is 1.71. The Bertz CT molecular complexity index is 573. The monoisotopic (exact) mass is 259 g/mol. The molecule has 1 aromatic heterocycles. The number of hydrogen-bond donors (Lipinski definition) is 2. The van der Waals surface area contributed by atoms with E-state index in [-0.39, 0.29) is 12.0 Å². The van der Waals surface area contributed by atoms with Gasteiger partial charge >= 0.3 is 0 Å². The molecule has 1 aromatic carbocycles. The van der Waals surface area contributed by atoms with E-state index >= 15 is 0 Å². The molecule has 3 rings (SSSR count). The van der Waals surface area contributed by atoms with Crippen LogP contribution in [-0.4, -0.2) is 28.8 Å². The standard InChI is InChI=1S/C14H17N3O2/c18-14(8-12-3-1-2-6-19-12)16-11-5-4-10-9-15-17-13(10)7-11/h4-5,7,9,12H,1-3,6,8H2,(H,15,17)(H,16,18). The molecule has 5 heteroatoms. The second-order valence-corrected chi connectivity index (χ2v) is 4.91. The third-order valence-electron chi connectivity index (χ3n) is 3.41. The zero-order chi connectivity index (χ0) is 13.1. The highest BCUT2D eigenvalue weighted by Gasteiger charge is 2.17. The first-order valence-corrected chi connectivity index (χ1v) is 6.66. The van der Waals surface area contributed by atoms with Crippen LogP contribution in [0.15, 0.2) is 24.4 Å². The lowest BCUT2D eigenvalue weighted by Gasteiger charge is -2.21. The highest BCUT2D eigenvalue weighted by molar-refractivity contribution is 5.93. The topological polar surface area (TPSA) is 67.0 Å². The van der Waals surface area contributed by atoms with Gasteiger partial charge in [-0.3, -0.25) is 9.89 Å². The molecular formula is C14H17N3O2. The number of aromatic amines is 1. The van der Waals surface area contributed by atoms with Gasteiger partial charge in [0, 0.05) is 17.7 Å². The summed E-state index contributed by atoms with van der Waals surface area (Å²) in [6.07, 6.45) is 5.50. The summed E-state index contributed by atoms with van der Waals surface area (Å²) < 4.78 is 5.57. The number of carbonyl (C=O) groups excluding carboxylic acids is 1. The molecule has 1 saturated heterocycles. The molecule has 19 heavy (non-hydrogen) atoms. The van der Waals surface area contributed by atoms with Crippen molar-refractivity contribution < 1.29 is 9.53 Å². The molecule has 1 atom stereocenters. The fourth-order valence-electron chi connectivity index (χ4n) is 2.40. The first-order valence-electron chi connectivity index (χ1n) is 6.66. The van der Waals surface area contributed by atoms with E-state index in [2.05, 4.69) is 15.5 Å². The van der Waals surface area contributed by atoms with Gasteiger partial charge in [0.2, 0.25) is 5.91 Å². The van der Waals surface area contributed by atoms with Crippen LogP contribution < -0.4 is 5.32 Å². The molecule has 0 saturated carbocycles. The van der Waals surface area contributed by atoms with E-state index in [1.165, 1.54) is 0 Å². The van der Waals surface area contributed by atoms with Crippen molar-refractivity contribution in [2.75, 3.05) is 11.9 Å². The largest absolute Gasteiger partial charge is 0.378 e. The van der Waals surface area contributed by atoms with Crippen molar-refractivity contribution in [3.8, 4) is 0 Å². The lowest BCUT2D eigenvalue weighted by atomic mass is 10.1. The van der Waals surface area contributed by atoms with Gasteiger partial charge in [-0.2, -0.15) is 5.10 Å². The number of ether oxygens (including phenoxy) is 1. The molecule has 100 valence electrons. The average molecular weight is 259 g/mol. The SMILES string of the molecule is O=C(CC1CCCCO1)Nc1ccc2cn[nH]c2c1. The normalized spacial score (nSPS) is 19.5. The van der Waals surface area contributed by atoms with Crippen molar-refractivity contribution >= 4 is 22.5 Å². The van der Waals surface area contributed by atoms with Crippen molar-refractivity contribution in [3.63, 3.8) is 0 Å². The maximum absolute atomic E-state index is 11.9. The van der Waals surface area contributed by atoms with E-state index in [0.717, 1.165) is 42.5 Å². The maximum atomic E-state index is 11.9. The minimum atomic E-state index is 0.00534. The lowest BCUT2D eigenvalue weighted by molar-refractivity contribution is -0.119. The predicted octanol–water partition coefficient (Wildman–Crippen LogP) is 2.46. The highest BCUT2D eigenvalue weighted by atomic mass is 16.5. The van der Waals surface area contributed by atoms with Gasteiger partial charge in [0.15, 0.2) is 0 Å². The first-order chi connectivity index (χ1) is 9.31. The summed E-state index contributed by atoms with van der Waals surface area (Å²) in [4.78, 5) is 11.9. The molecule has 5 nitrogen and oxygen atoms in total. The number of fused-ring (bicyclic) bond motifs is 1. The fourth-order valence-corrected chi connectivity index (χ4v) is 2.40. The number of anilines is 1. The van der Waals surface area contributed by atoms with Gasteiger partial charge in [0.1, 0.15) is 0 Å². The summed E-state index contributed by atoms with van der Waals surface area (Å²) in [5.74, 6) is 0.00534. The Hall–Kier alpha value is -1.88. The fraction of sp³-hybridized carbons (Fsp3) is 0.429. The van der Waals surface area contributed by atoms with Crippen LogP contribution in [0.25, 0.3) is 10.9 Å². The van der Waals surface area contributed by atoms with Gasteiger partial charge in [-0.25, -0.2) is 0 Å². The van der Waals surface area contributed by atoms with E-state index in [0.29, 0.717) is 6.42 Å². The molecular weight excluding hydrogens is 242 g/mol. The van der Waals surface area contributed by atoms with Crippen LogP contribution in [0.3, 0.4) is 0 Å². The summed E-state index contributed by atoms with van der Waals surface area (Å²) in [6.45, 7) is 0.776. The van der Waals surface area contributed by atoms with Crippen LogP contribution in [0, 0.1) is 0 Å². The number of rotatable bonds is 3. The zero-order valence-electron chi connectivity index (χ0n) is 10.7. The third-order valence-corrected chi connectivity index (χ3v) is 3.41. The molecule has 1 fully saturated rings. The third kappa shape index (κ3) is 2.93. The van der Waals surface area contributed by atoms with E-state index in [9.17, 15) is 4.79 Å². The second-order valence-electron chi connectivity index (χ2n) is 4.91. The van der Waals surface area contributed by atoms with Gasteiger partial charge in [0.25, 0.3) is 0 Å². The van der Waals surface area contributed by atoms with Gasteiger partial charge in [-0.05, 0) is 37.5 Å². The number of aromatic nitrogens is 2. The van der Waals surface area contributed by atoms with Gasteiger partial charge in [-0.15, -0.1) is 0 Å². The average Bonchev–Trinajstić information content (AvgIpc) is 2.87. The number of nitrogens with one attached hydrogen (secondary N) is 2. The number of nitrogens with zero attached hydrogens (tertiary/aromatic N) is 1. The zero-order valence-corrected chi connectivity index (χ0v) is 10.7. The van der Waals surface area contributed by atoms with Crippen LogP contribution >= 0.6 is 0 Å². The summed E-state index contributed by atoms with van der Waals surface area (Å²) >= 11 is 0. The number of benzene rings is 1. The van der Waals surface area contributed by atoms with Crippen LogP contribution in [0.1, 0.15) is 25.7 Å². The summed E-state index contributed by atoms with van der Waals surface area (Å²) in [7, 11) is 0. The van der Waals surface area contributed by atoms with Crippen LogP contribution in [0.4, 0.5) is 5.69 Å². The molecule has 1 aliphatic rings. The van der Waals surface area contributed by atoms with Crippen LogP contribution in [-0.2, 0) is 9.53 Å². The molecule has 0 bridgehead atoms. The van der Waals surface area contributed by atoms with Crippen LogP contribution in [0.5, 0.6) is 0 Å². The Morgan fingerprint density at radius 3 is 3.26 bits per heavy atom. The summed E-state index contributed by atoms with van der Waals surface area (Å²) in [6, 6.07) is 5.71. The van der Waals surface area contributed by atoms with Gasteiger partial charge < -0.3 is 10.1 Å². The molecule has 0 aliphatic carbocycles. The Balaban J connectivity index is 1.61. The van der Waals surface area contributed by atoms with Gasteiger partial charge in [-0.1, -0.05) is 0 Å². The Morgan fingerprint density at radius 2 is 2.42 bits per heavy atom. The predicted molar refractivity (Wildman–Crippen MR) is 72.9 cm³/mol. The number of hydrogen-bond acceptors (Lipinski definition) is 3. The molecule has 0 spiro atoms. The first kappa shape index (κ1) is 12.2. The van der Waals surface area contributed by atoms with Crippen molar-refractivity contribution in [2.45, 2.75) is 31.8 Å². The van der Waals surface area contributed by atoms with E-state index < -0.39 is 0 Å². The Morgan fingerprint density at radius 1 is 1.47 bits per heavy atom. The smallest absolute Gasteiger partial charge is 0.226 e. The van der Waals surface area contributed by atoms with E-state index in [4.69, 9.17) is 4.74 Å². The summed E-state index contributed by atoms with van der Waals surface area (Å²) in [5, 5.41) is 10.8. The molecule has 1 aliphatic heterocycles. The minimum absolute atomic E-state index is 0.00534. The number of amides is 1. The van der Waals surface area contributed by atoms with Crippen molar-refractivity contribution in [1.29, 1.82) is 0 Å². The quantitative estimate of drug-likeness (QED) is 0.889. The molecule has 2 heterocycles. The van der Waals surface area contributed by atoms with Gasteiger partial charge in [0.05, 0.1) is 24.2 Å². The van der Waals surface area contributed by atoms with E-state index in [1.807, 2.05) is 18.2 Å². The second kappa shape index (κ2) is 5.40. The van der Waals surface area contributed by atoms with E-state index in [1.54, 1.807) is 6.20 Å². The maximum Gasteiger partial charge on any atom is 0.226 e. The number of carbonyl (C=O) groups is 1. The molecule has 2 N–H and O–H groups in total. The van der Waals surface area contributed by atoms with Crippen LogP contribution in [0.2, 0.25) is 0 Å². The molecule has 1 unspecified atom stereocenters. The molecule has 1 amide bonds. The van der Waals surface area contributed by atoms with Crippen molar-refractivity contribution in [1.82, 2.24) is 10.2 Å². The Labute approximate surface area is 111 Å². The minimum Gasteiger partial charge on any atom is -0.378 e. The highest BCUT2D eigenvalue weighted by Crippen LogP contribution is 2.19. The Kier molecular flexibility index (Phi) is 3.46. The van der Waals surface area contributed by atoms with Crippen molar-refractivity contribution in [3.05, 3.63) is 24.4 Å². The molecule has 2 aromatic rings. The molecule has 0 radical (unpaired) electrons. The lowest BCUT2D eigenvalue weighted by Crippen LogP contribution is -2.25.